The molecule has 2 rings (SSSR count). The van der Waals surface area contributed by atoms with E-state index in [4.69, 9.17) is 16.3 Å². The van der Waals surface area contributed by atoms with E-state index in [9.17, 15) is 4.79 Å². The Morgan fingerprint density at radius 1 is 1.50 bits per heavy atom. The van der Waals surface area contributed by atoms with Crippen molar-refractivity contribution >= 4 is 17.5 Å². The first-order valence-corrected chi connectivity index (χ1v) is 6.44. The fourth-order valence-electron chi connectivity index (χ4n) is 1.95. The number of ether oxygens (including phenoxy) is 1. The molecule has 0 spiro atoms. The summed E-state index contributed by atoms with van der Waals surface area (Å²) in [6, 6.07) is 3.30. The van der Waals surface area contributed by atoms with Crippen molar-refractivity contribution in [2.75, 3.05) is 19.8 Å². The van der Waals surface area contributed by atoms with Gasteiger partial charge in [-0.25, -0.2) is 4.98 Å². The number of nitrogens with zero attached hydrogens (tertiary/aromatic N) is 1. The van der Waals surface area contributed by atoms with E-state index in [1.165, 1.54) is 6.20 Å². The average molecular weight is 269 g/mol. The maximum absolute atomic E-state index is 11.9. The van der Waals surface area contributed by atoms with Crippen molar-refractivity contribution in [2.24, 2.45) is 5.41 Å². The number of hydrogen-bond acceptors (Lipinski definition) is 3. The molecule has 5 heteroatoms. The Balaban J connectivity index is 1.89. The van der Waals surface area contributed by atoms with Crippen LogP contribution in [0.5, 0.6) is 0 Å². The van der Waals surface area contributed by atoms with Gasteiger partial charge in [0.25, 0.3) is 5.91 Å². The molecule has 0 aromatic carbocycles. The van der Waals surface area contributed by atoms with Gasteiger partial charge < -0.3 is 10.1 Å². The van der Waals surface area contributed by atoms with E-state index in [0.717, 1.165) is 26.1 Å². The molecule has 1 aromatic rings. The van der Waals surface area contributed by atoms with Crippen LogP contribution in [0.1, 0.15) is 30.1 Å². The van der Waals surface area contributed by atoms with Gasteiger partial charge in [0.15, 0.2) is 0 Å². The van der Waals surface area contributed by atoms with Gasteiger partial charge in [-0.1, -0.05) is 18.5 Å². The van der Waals surface area contributed by atoms with Crippen LogP contribution in [0.3, 0.4) is 0 Å². The normalized spacial score (nSPS) is 18.3. The molecule has 0 bridgehead atoms. The molecule has 1 N–H and O–H groups in total. The van der Waals surface area contributed by atoms with E-state index >= 15 is 0 Å². The molecule has 1 fully saturated rings. The standard InChI is InChI=1S/C13H17ClN2O2/c1-13(4-6-18-7-5-13)9-16-12(17)10-2-3-11(14)15-8-10/h2-3,8H,4-7,9H2,1H3,(H,16,17). The second-order valence-electron chi connectivity index (χ2n) is 4.98. The number of rotatable bonds is 3. The molecular formula is C13H17ClN2O2. The summed E-state index contributed by atoms with van der Waals surface area (Å²) in [5.74, 6) is -0.105. The molecule has 0 saturated carbocycles. The lowest BCUT2D eigenvalue weighted by Gasteiger charge is -2.33. The van der Waals surface area contributed by atoms with E-state index in [1.807, 2.05) is 0 Å². The first-order chi connectivity index (χ1) is 8.59. The zero-order chi connectivity index (χ0) is 13.0. The zero-order valence-electron chi connectivity index (χ0n) is 10.4. The lowest BCUT2D eigenvalue weighted by molar-refractivity contribution is 0.0238. The summed E-state index contributed by atoms with van der Waals surface area (Å²) in [6.07, 6.45) is 3.45. The van der Waals surface area contributed by atoms with Gasteiger partial charge in [-0.15, -0.1) is 0 Å². The molecule has 18 heavy (non-hydrogen) atoms. The minimum atomic E-state index is -0.105. The topological polar surface area (TPSA) is 51.2 Å². The van der Waals surface area contributed by atoms with E-state index in [-0.39, 0.29) is 11.3 Å². The summed E-state index contributed by atoms with van der Waals surface area (Å²) in [5.41, 5.74) is 0.670. The Morgan fingerprint density at radius 3 is 2.83 bits per heavy atom. The summed E-state index contributed by atoms with van der Waals surface area (Å²) >= 11 is 5.68. The smallest absolute Gasteiger partial charge is 0.252 e. The van der Waals surface area contributed by atoms with Crippen LogP contribution in [-0.4, -0.2) is 30.6 Å². The second kappa shape index (κ2) is 5.67. The van der Waals surface area contributed by atoms with Crippen LogP contribution < -0.4 is 5.32 Å². The molecular weight excluding hydrogens is 252 g/mol. The van der Waals surface area contributed by atoms with Crippen LogP contribution in [0.25, 0.3) is 0 Å². The number of halogens is 1. The van der Waals surface area contributed by atoms with E-state index in [0.29, 0.717) is 17.3 Å². The molecule has 1 amide bonds. The van der Waals surface area contributed by atoms with E-state index in [2.05, 4.69) is 17.2 Å². The minimum absolute atomic E-state index is 0.105. The van der Waals surface area contributed by atoms with Crippen molar-refractivity contribution in [2.45, 2.75) is 19.8 Å². The molecule has 0 unspecified atom stereocenters. The summed E-state index contributed by atoms with van der Waals surface area (Å²) < 4.78 is 5.33. The largest absolute Gasteiger partial charge is 0.381 e. The molecule has 0 radical (unpaired) electrons. The van der Waals surface area contributed by atoms with Gasteiger partial charge in [0.05, 0.1) is 5.56 Å². The third-order valence-corrected chi connectivity index (χ3v) is 3.59. The van der Waals surface area contributed by atoms with Crippen molar-refractivity contribution in [3.8, 4) is 0 Å². The molecule has 1 aromatic heterocycles. The Labute approximate surface area is 112 Å². The van der Waals surface area contributed by atoms with Crippen LogP contribution in [0.15, 0.2) is 18.3 Å². The zero-order valence-corrected chi connectivity index (χ0v) is 11.2. The fraction of sp³-hybridized carbons (Fsp3) is 0.538. The lowest BCUT2D eigenvalue weighted by Crippen LogP contribution is -2.39. The Morgan fingerprint density at radius 2 is 2.22 bits per heavy atom. The molecule has 0 aliphatic carbocycles. The van der Waals surface area contributed by atoms with E-state index < -0.39 is 0 Å². The predicted molar refractivity (Wildman–Crippen MR) is 69.7 cm³/mol. The molecule has 0 atom stereocenters. The molecule has 2 heterocycles. The molecule has 1 saturated heterocycles. The number of pyridine rings is 1. The molecule has 1 aliphatic rings. The minimum Gasteiger partial charge on any atom is -0.381 e. The Bertz CT molecular complexity index is 414. The number of nitrogens with one attached hydrogen (secondary N) is 1. The quantitative estimate of drug-likeness (QED) is 0.856. The van der Waals surface area contributed by atoms with Crippen LogP contribution in [0.4, 0.5) is 0 Å². The lowest BCUT2D eigenvalue weighted by atomic mass is 9.82. The van der Waals surface area contributed by atoms with Crippen LogP contribution >= 0.6 is 11.6 Å². The number of aromatic nitrogens is 1. The summed E-state index contributed by atoms with van der Waals surface area (Å²) in [6.45, 7) is 4.39. The number of hydrogen-bond donors (Lipinski definition) is 1. The van der Waals surface area contributed by atoms with Gasteiger partial charge in [0.2, 0.25) is 0 Å². The highest BCUT2D eigenvalue weighted by Gasteiger charge is 2.27. The van der Waals surface area contributed by atoms with Crippen LogP contribution in [0.2, 0.25) is 5.15 Å². The van der Waals surface area contributed by atoms with Gasteiger partial charge >= 0.3 is 0 Å². The average Bonchev–Trinajstić information content (AvgIpc) is 2.38. The third-order valence-electron chi connectivity index (χ3n) is 3.37. The third kappa shape index (κ3) is 3.43. The van der Waals surface area contributed by atoms with Crippen molar-refractivity contribution < 1.29 is 9.53 Å². The number of amides is 1. The van der Waals surface area contributed by atoms with Crippen molar-refractivity contribution in [3.63, 3.8) is 0 Å². The highest BCUT2D eigenvalue weighted by atomic mass is 35.5. The van der Waals surface area contributed by atoms with Crippen molar-refractivity contribution in [1.82, 2.24) is 10.3 Å². The van der Waals surface area contributed by atoms with Gasteiger partial charge in [-0.2, -0.15) is 0 Å². The monoisotopic (exact) mass is 268 g/mol. The number of carbonyl (C=O) groups is 1. The van der Waals surface area contributed by atoms with Gasteiger partial charge in [-0.05, 0) is 30.4 Å². The second-order valence-corrected chi connectivity index (χ2v) is 5.36. The number of carbonyl (C=O) groups excluding carboxylic acids is 1. The predicted octanol–water partition coefficient (Wildman–Crippen LogP) is 2.28. The molecule has 1 aliphatic heterocycles. The van der Waals surface area contributed by atoms with Crippen molar-refractivity contribution in [3.05, 3.63) is 29.0 Å². The molecule has 98 valence electrons. The SMILES string of the molecule is CC1(CNC(=O)c2ccc(Cl)nc2)CCOCC1. The summed E-state index contributed by atoms with van der Waals surface area (Å²) in [7, 11) is 0. The first kappa shape index (κ1) is 13.3. The summed E-state index contributed by atoms with van der Waals surface area (Å²) in [4.78, 5) is 15.8. The Hall–Kier alpha value is -1.13. The molecule has 4 nitrogen and oxygen atoms in total. The highest BCUT2D eigenvalue weighted by molar-refractivity contribution is 6.29. The maximum Gasteiger partial charge on any atom is 0.252 e. The van der Waals surface area contributed by atoms with Crippen LogP contribution in [-0.2, 0) is 4.74 Å². The van der Waals surface area contributed by atoms with E-state index in [1.54, 1.807) is 12.1 Å². The van der Waals surface area contributed by atoms with Gasteiger partial charge in [0.1, 0.15) is 5.15 Å². The summed E-state index contributed by atoms with van der Waals surface area (Å²) in [5, 5.41) is 3.34. The van der Waals surface area contributed by atoms with Crippen molar-refractivity contribution in [1.29, 1.82) is 0 Å². The van der Waals surface area contributed by atoms with Gasteiger partial charge in [0, 0.05) is 26.0 Å². The fourth-order valence-corrected chi connectivity index (χ4v) is 2.06. The Kier molecular flexibility index (Phi) is 4.19. The maximum atomic E-state index is 11.9. The highest BCUT2D eigenvalue weighted by Crippen LogP contribution is 2.28. The van der Waals surface area contributed by atoms with Gasteiger partial charge in [-0.3, -0.25) is 4.79 Å². The first-order valence-electron chi connectivity index (χ1n) is 6.07. The van der Waals surface area contributed by atoms with Crippen LogP contribution in [0, 0.1) is 5.41 Å².